The predicted octanol–water partition coefficient (Wildman–Crippen LogP) is 0.832. The van der Waals surface area contributed by atoms with E-state index in [2.05, 4.69) is 13.2 Å². The van der Waals surface area contributed by atoms with Crippen LogP contribution < -0.4 is 0 Å². The van der Waals surface area contributed by atoms with Gasteiger partial charge in [0.05, 0.1) is 25.4 Å². The number of carbonyl (C=O) groups is 2. The summed E-state index contributed by atoms with van der Waals surface area (Å²) in [4.78, 5) is 20.2. The Balaban J connectivity index is 0.000000180. The highest BCUT2D eigenvalue weighted by Gasteiger charge is 2.25. The highest BCUT2D eigenvalue weighted by molar-refractivity contribution is 5.86. The first kappa shape index (κ1) is 14.4. The van der Waals surface area contributed by atoms with E-state index >= 15 is 0 Å². The molecule has 2 unspecified atom stereocenters. The lowest BCUT2D eigenvalue weighted by atomic mass is 10.2. The molecule has 0 amide bonds. The third-order valence-electron chi connectivity index (χ3n) is 2.36. The van der Waals surface area contributed by atoms with Crippen molar-refractivity contribution in [1.29, 1.82) is 0 Å². The number of carboxylic acids is 2. The summed E-state index contributed by atoms with van der Waals surface area (Å²) >= 11 is 0. The van der Waals surface area contributed by atoms with E-state index in [1.807, 2.05) is 0 Å². The predicted molar refractivity (Wildman–Crippen MR) is 62.3 cm³/mol. The number of epoxide rings is 2. The molecule has 2 N–H and O–H groups in total. The molecule has 2 aliphatic rings. The maximum absolute atomic E-state index is 10.1. The molecule has 2 aliphatic heterocycles. The largest absolute Gasteiger partial charge is 0.478 e. The molecule has 0 aromatic rings. The molecule has 100 valence electrons. The standard InChI is InChI=1S/2C6H8O3/c2*1-4(6(7)8)2-5-3-9-5/h2*5H,1-3H2,(H,7,8). The van der Waals surface area contributed by atoms with Gasteiger partial charge in [0.2, 0.25) is 0 Å². The molecule has 0 saturated carbocycles. The number of rotatable bonds is 6. The maximum atomic E-state index is 10.1. The van der Waals surface area contributed by atoms with Gasteiger partial charge in [-0.25, -0.2) is 9.59 Å². The highest BCUT2D eigenvalue weighted by Crippen LogP contribution is 2.18. The molecule has 2 heterocycles. The molecule has 0 radical (unpaired) electrons. The van der Waals surface area contributed by atoms with E-state index in [0.717, 1.165) is 0 Å². The number of hydrogen-bond acceptors (Lipinski definition) is 4. The monoisotopic (exact) mass is 256 g/mol. The zero-order chi connectivity index (χ0) is 13.7. The number of aliphatic carboxylic acids is 2. The van der Waals surface area contributed by atoms with Crippen molar-refractivity contribution >= 4 is 11.9 Å². The van der Waals surface area contributed by atoms with Gasteiger partial charge >= 0.3 is 11.9 Å². The van der Waals surface area contributed by atoms with Crippen LogP contribution in [0.25, 0.3) is 0 Å². The molecule has 0 aromatic heterocycles. The van der Waals surface area contributed by atoms with E-state index in [9.17, 15) is 9.59 Å². The second-order valence-electron chi connectivity index (χ2n) is 4.14. The summed E-state index contributed by atoms with van der Waals surface area (Å²) in [5, 5.41) is 16.6. The van der Waals surface area contributed by atoms with Gasteiger partial charge in [-0.05, 0) is 0 Å². The van der Waals surface area contributed by atoms with Gasteiger partial charge in [0, 0.05) is 24.0 Å². The van der Waals surface area contributed by atoms with Gasteiger partial charge in [0.1, 0.15) is 0 Å². The number of carboxylic acid groups (broad SMARTS) is 2. The van der Waals surface area contributed by atoms with Crippen molar-refractivity contribution in [3.63, 3.8) is 0 Å². The third kappa shape index (κ3) is 6.17. The summed E-state index contributed by atoms with van der Waals surface area (Å²) in [6.45, 7) is 8.08. The molecule has 6 nitrogen and oxygen atoms in total. The van der Waals surface area contributed by atoms with Crippen molar-refractivity contribution in [1.82, 2.24) is 0 Å². The van der Waals surface area contributed by atoms with Crippen LogP contribution in [0.15, 0.2) is 24.3 Å². The van der Waals surface area contributed by atoms with Crippen LogP contribution in [0.1, 0.15) is 12.8 Å². The maximum Gasteiger partial charge on any atom is 0.331 e. The third-order valence-corrected chi connectivity index (χ3v) is 2.36. The van der Waals surface area contributed by atoms with Crippen LogP contribution in [0.2, 0.25) is 0 Å². The Hall–Kier alpha value is -1.66. The summed E-state index contributed by atoms with van der Waals surface area (Å²) in [6.07, 6.45) is 1.20. The van der Waals surface area contributed by atoms with E-state index < -0.39 is 11.9 Å². The second kappa shape index (κ2) is 6.32. The van der Waals surface area contributed by atoms with Crippen LogP contribution in [0.5, 0.6) is 0 Å². The molecular weight excluding hydrogens is 240 g/mol. The van der Waals surface area contributed by atoms with Gasteiger partial charge in [0.25, 0.3) is 0 Å². The van der Waals surface area contributed by atoms with Crippen LogP contribution in [-0.2, 0) is 19.1 Å². The average Bonchev–Trinajstić information content (AvgIpc) is 3.13. The first-order valence-electron chi connectivity index (χ1n) is 5.45. The first-order valence-corrected chi connectivity index (χ1v) is 5.45. The lowest BCUT2D eigenvalue weighted by Gasteiger charge is -1.92. The van der Waals surface area contributed by atoms with Crippen molar-refractivity contribution in [2.24, 2.45) is 0 Å². The fourth-order valence-corrected chi connectivity index (χ4v) is 1.10. The summed E-state index contributed by atoms with van der Waals surface area (Å²) in [7, 11) is 0. The summed E-state index contributed by atoms with van der Waals surface area (Å²) in [5.74, 6) is -1.85. The smallest absolute Gasteiger partial charge is 0.331 e. The Morgan fingerprint density at radius 1 is 0.944 bits per heavy atom. The molecule has 0 aromatic carbocycles. The Morgan fingerprint density at radius 3 is 1.39 bits per heavy atom. The average molecular weight is 256 g/mol. The van der Waals surface area contributed by atoms with Crippen molar-refractivity contribution < 1.29 is 29.3 Å². The molecule has 0 aliphatic carbocycles. The van der Waals surface area contributed by atoms with E-state index in [1.54, 1.807) is 0 Å². The summed E-state index contributed by atoms with van der Waals surface area (Å²) in [6, 6.07) is 0. The summed E-state index contributed by atoms with van der Waals surface area (Å²) in [5.41, 5.74) is 0.468. The van der Waals surface area contributed by atoms with E-state index in [-0.39, 0.29) is 23.4 Å². The quantitative estimate of drug-likeness (QED) is 0.539. The zero-order valence-electron chi connectivity index (χ0n) is 9.92. The minimum absolute atomic E-state index is 0.133. The normalized spacial score (nSPS) is 23.3. The van der Waals surface area contributed by atoms with Crippen LogP contribution in [0, 0.1) is 0 Å². The molecule has 18 heavy (non-hydrogen) atoms. The fourth-order valence-electron chi connectivity index (χ4n) is 1.10. The Kier molecular flexibility index (Phi) is 5.06. The highest BCUT2D eigenvalue weighted by atomic mass is 16.6. The minimum Gasteiger partial charge on any atom is -0.478 e. The first-order chi connectivity index (χ1) is 8.40. The van der Waals surface area contributed by atoms with Gasteiger partial charge in [0.15, 0.2) is 0 Å². The van der Waals surface area contributed by atoms with Gasteiger partial charge in [-0.15, -0.1) is 0 Å². The van der Waals surface area contributed by atoms with E-state index in [0.29, 0.717) is 26.1 Å². The number of ether oxygens (including phenoxy) is 2. The van der Waals surface area contributed by atoms with Crippen LogP contribution >= 0.6 is 0 Å². The van der Waals surface area contributed by atoms with Gasteiger partial charge in [-0.2, -0.15) is 0 Å². The molecule has 2 saturated heterocycles. The Morgan fingerprint density at radius 2 is 1.22 bits per heavy atom. The van der Waals surface area contributed by atoms with Crippen LogP contribution in [-0.4, -0.2) is 47.6 Å². The van der Waals surface area contributed by atoms with Crippen molar-refractivity contribution in [3.05, 3.63) is 24.3 Å². The molecular formula is C12H16O6. The molecule has 2 rings (SSSR count). The number of hydrogen-bond donors (Lipinski definition) is 2. The van der Waals surface area contributed by atoms with E-state index in [1.165, 1.54) is 0 Å². The second-order valence-corrected chi connectivity index (χ2v) is 4.14. The van der Waals surface area contributed by atoms with Gasteiger partial charge in [-0.1, -0.05) is 13.2 Å². The van der Waals surface area contributed by atoms with Crippen LogP contribution in [0.4, 0.5) is 0 Å². The van der Waals surface area contributed by atoms with Gasteiger partial charge in [-0.3, -0.25) is 0 Å². The zero-order valence-corrected chi connectivity index (χ0v) is 9.92. The van der Waals surface area contributed by atoms with E-state index in [4.69, 9.17) is 19.7 Å². The Bertz CT molecular complexity index is 329. The van der Waals surface area contributed by atoms with Crippen molar-refractivity contribution in [2.75, 3.05) is 13.2 Å². The van der Waals surface area contributed by atoms with Gasteiger partial charge < -0.3 is 19.7 Å². The minimum atomic E-state index is -0.925. The molecule has 0 bridgehead atoms. The topological polar surface area (TPSA) is 99.7 Å². The molecule has 0 spiro atoms. The van der Waals surface area contributed by atoms with Crippen LogP contribution in [0.3, 0.4) is 0 Å². The SMILES string of the molecule is C=C(CC1CO1)C(=O)O.C=C(CC1CO1)C(=O)O. The molecule has 6 heteroatoms. The van der Waals surface area contributed by atoms with Crippen molar-refractivity contribution in [3.8, 4) is 0 Å². The van der Waals surface area contributed by atoms with Crippen molar-refractivity contribution in [2.45, 2.75) is 25.0 Å². The fraction of sp³-hybridized carbons (Fsp3) is 0.500. The molecule has 2 fully saturated rings. The Labute approximate surface area is 105 Å². The lowest BCUT2D eigenvalue weighted by Crippen LogP contribution is -2.01. The lowest BCUT2D eigenvalue weighted by molar-refractivity contribution is -0.133. The summed E-state index contributed by atoms with van der Waals surface area (Å²) < 4.78 is 9.61. The molecule has 2 atom stereocenters.